The molecule has 1 atom stereocenters. The van der Waals surface area contributed by atoms with Crippen molar-refractivity contribution in [3.05, 3.63) is 54.1 Å². The summed E-state index contributed by atoms with van der Waals surface area (Å²) in [6, 6.07) is 11.2. The number of hydrogen-bond acceptors (Lipinski definition) is 6. The van der Waals surface area contributed by atoms with E-state index in [0.29, 0.717) is 34.5 Å². The molecule has 1 aliphatic heterocycles. The molecule has 31 heavy (non-hydrogen) atoms. The molecule has 1 saturated carbocycles. The van der Waals surface area contributed by atoms with E-state index >= 15 is 0 Å². The molecule has 0 radical (unpaired) electrons. The first-order valence-electron chi connectivity index (χ1n) is 10.9. The van der Waals surface area contributed by atoms with Gasteiger partial charge in [-0.25, -0.2) is 4.39 Å². The average molecular weight is 420 g/mol. The molecular formula is C24H26FN5O. The van der Waals surface area contributed by atoms with Crippen molar-refractivity contribution in [3.8, 4) is 28.1 Å². The summed E-state index contributed by atoms with van der Waals surface area (Å²) in [4.78, 5) is 6.43. The standard InChI is InChI=1S/C24H26FN5O/c1-15-5-6-16(13-26-15)19-12-23(31)20(11-21(19)25)22-7-8-24(29-28-22)30-10-9-18(14-30)27-17-3-2-4-17/h5-8,11-13,17-18,27,31H,2-4,9-10,14H2,1H3/t18-/m0/s1. The second-order valence-corrected chi connectivity index (χ2v) is 8.54. The average Bonchev–Trinajstić information content (AvgIpc) is 3.22. The topological polar surface area (TPSA) is 74.2 Å². The lowest BCUT2D eigenvalue weighted by atomic mass is 9.92. The van der Waals surface area contributed by atoms with Crippen LogP contribution < -0.4 is 10.2 Å². The first-order chi connectivity index (χ1) is 15.1. The molecule has 1 aliphatic carbocycles. The fraction of sp³-hybridized carbons (Fsp3) is 0.375. The Kier molecular flexibility index (Phi) is 5.28. The van der Waals surface area contributed by atoms with Crippen LogP contribution in [0.1, 0.15) is 31.4 Å². The molecule has 5 rings (SSSR count). The van der Waals surface area contributed by atoms with Crippen LogP contribution in [0.15, 0.2) is 42.6 Å². The molecule has 1 aromatic carbocycles. The van der Waals surface area contributed by atoms with Crippen molar-refractivity contribution in [3.63, 3.8) is 0 Å². The molecule has 2 fully saturated rings. The molecule has 3 heterocycles. The van der Waals surface area contributed by atoms with E-state index in [9.17, 15) is 9.50 Å². The lowest BCUT2D eigenvalue weighted by Gasteiger charge is -2.29. The number of anilines is 1. The van der Waals surface area contributed by atoms with Crippen LogP contribution in [0.4, 0.5) is 10.2 Å². The summed E-state index contributed by atoms with van der Waals surface area (Å²) in [6.07, 6.45) is 6.60. The minimum absolute atomic E-state index is 0.0371. The monoisotopic (exact) mass is 419 g/mol. The van der Waals surface area contributed by atoms with Crippen LogP contribution in [0.5, 0.6) is 5.75 Å². The third-order valence-electron chi connectivity index (χ3n) is 6.32. The number of rotatable bonds is 5. The van der Waals surface area contributed by atoms with Gasteiger partial charge in [-0.3, -0.25) is 4.98 Å². The van der Waals surface area contributed by atoms with Gasteiger partial charge in [-0.1, -0.05) is 12.5 Å². The number of aryl methyl sites for hydroxylation is 1. The molecule has 7 heteroatoms. The Morgan fingerprint density at radius 3 is 2.58 bits per heavy atom. The van der Waals surface area contributed by atoms with Gasteiger partial charge in [0.25, 0.3) is 0 Å². The van der Waals surface area contributed by atoms with Crippen LogP contribution in [-0.4, -0.2) is 45.5 Å². The highest BCUT2D eigenvalue weighted by molar-refractivity contribution is 5.74. The zero-order valence-electron chi connectivity index (χ0n) is 17.6. The number of nitrogens with zero attached hydrogens (tertiary/aromatic N) is 4. The summed E-state index contributed by atoms with van der Waals surface area (Å²) in [6.45, 7) is 3.73. The van der Waals surface area contributed by atoms with Crippen molar-refractivity contribution in [2.75, 3.05) is 18.0 Å². The van der Waals surface area contributed by atoms with E-state index < -0.39 is 5.82 Å². The molecule has 3 aromatic rings. The summed E-state index contributed by atoms with van der Waals surface area (Å²) in [7, 11) is 0. The van der Waals surface area contributed by atoms with Gasteiger partial charge in [-0.2, -0.15) is 0 Å². The predicted molar refractivity (Wildman–Crippen MR) is 118 cm³/mol. The van der Waals surface area contributed by atoms with Crippen molar-refractivity contribution < 1.29 is 9.50 Å². The fourth-order valence-corrected chi connectivity index (χ4v) is 4.27. The molecule has 0 unspecified atom stereocenters. The molecular weight excluding hydrogens is 393 g/mol. The molecule has 0 bridgehead atoms. The van der Waals surface area contributed by atoms with Crippen LogP contribution >= 0.6 is 0 Å². The Morgan fingerprint density at radius 2 is 1.90 bits per heavy atom. The van der Waals surface area contributed by atoms with Gasteiger partial charge in [0.05, 0.1) is 5.69 Å². The predicted octanol–water partition coefficient (Wildman–Crippen LogP) is 4.08. The highest BCUT2D eigenvalue weighted by atomic mass is 19.1. The number of hydrogen-bond donors (Lipinski definition) is 2. The maximum Gasteiger partial charge on any atom is 0.151 e. The van der Waals surface area contributed by atoms with Gasteiger partial charge >= 0.3 is 0 Å². The van der Waals surface area contributed by atoms with E-state index in [4.69, 9.17) is 0 Å². The van der Waals surface area contributed by atoms with Gasteiger partial charge < -0.3 is 15.3 Å². The minimum atomic E-state index is -0.436. The second-order valence-electron chi connectivity index (χ2n) is 8.54. The Hall–Kier alpha value is -3.06. The number of phenolic OH excluding ortho intramolecular Hbond substituents is 1. The van der Waals surface area contributed by atoms with Crippen molar-refractivity contribution in [2.24, 2.45) is 0 Å². The van der Waals surface area contributed by atoms with Gasteiger partial charge in [0.1, 0.15) is 11.6 Å². The summed E-state index contributed by atoms with van der Waals surface area (Å²) in [5, 5.41) is 22.9. The van der Waals surface area contributed by atoms with Crippen molar-refractivity contribution in [1.29, 1.82) is 0 Å². The summed E-state index contributed by atoms with van der Waals surface area (Å²) in [5.41, 5.74) is 2.54. The van der Waals surface area contributed by atoms with Crippen molar-refractivity contribution in [2.45, 2.75) is 44.7 Å². The number of pyridine rings is 1. The summed E-state index contributed by atoms with van der Waals surface area (Å²) in [5.74, 6) is 0.336. The Morgan fingerprint density at radius 1 is 1.03 bits per heavy atom. The molecule has 160 valence electrons. The number of phenols is 1. The van der Waals surface area contributed by atoms with Gasteiger partial charge in [-0.15, -0.1) is 10.2 Å². The third kappa shape index (κ3) is 4.10. The largest absolute Gasteiger partial charge is 0.507 e. The molecule has 1 saturated heterocycles. The Bertz CT molecular complexity index is 1070. The summed E-state index contributed by atoms with van der Waals surface area (Å²) >= 11 is 0. The van der Waals surface area contributed by atoms with E-state index in [1.807, 2.05) is 19.1 Å². The van der Waals surface area contributed by atoms with E-state index in [1.165, 1.54) is 31.4 Å². The first-order valence-corrected chi connectivity index (χ1v) is 10.9. The smallest absolute Gasteiger partial charge is 0.151 e. The minimum Gasteiger partial charge on any atom is -0.507 e. The lowest BCUT2D eigenvalue weighted by molar-refractivity contribution is 0.311. The zero-order chi connectivity index (χ0) is 21.4. The van der Waals surface area contributed by atoms with E-state index in [2.05, 4.69) is 25.4 Å². The Labute approximate surface area is 181 Å². The number of nitrogens with one attached hydrogen (secondary N) is 1. The van der Waals surface area contributed by atoms with Gasteiger partial charge in [0.15, 0.2) is 5.82 Å². The van der Waals surface area contributed by atoms with E-state index in [1.54, 1.807) is 18.3 Å². The molecule has 2 aromatic heterocycles. The lowest BCUT2D eigenvalue weighted by Crippen LogP contribution is -2.43. The molecule has 0 spiro atoms. The van der Waals surface area contributed by atoms with Crippen LogP contribution in [0.3, 0.4) is 0 Å². The van der Waals surface area contributed by atoms with Crippen LogP contribution in [-0.2, 0) is 0 Å². The molecule has 0 amide bonds. The van der Waals surface area contributed by atoms with Crippen molar-refractivity contribution in [1.82, 2.24) is 20.5 Å². The van der Waals surface area contributed by atoms with Gasteiger partial charge in [0.2, 0.25) is 0 Å². The SMILES string of the molecule is Cc1ccc(-c2cc(O)c(-c3ccc(N4CC[C@H](NC5CCC5)C4)nn3)cc2F)cn1. The molecule has 2 aliphatic rings. The van der Waals surface area contributed by atoms with Gasteiger partial charge in [-0.05, 0) is 56.5 Å². The number of halogens is 1. The van der Waals surface area contributed by atoms with E-state index in [-0.39, 0.29) is 5.75 Å². The van der Waals surface area contributed by atoms with Crippen LogP contribution in [0.25, 0.3) is 22.4 Å². The fourth-order valence-electron chi connectivity index (χ4n) is 4.27. The van der Waals surface area contributed by atoms with Crippen molar-refractivity contribution >= 4 is 5.82 Å². The van der Waals surface area contributed by atoms with E-state index in [0.717, 1.165) is 31.0 Å². The highest BCUT2D eigenvalue weighted by Gasteiger charge is 2.28. The molecule has 2 N–H and O–H groups in total. The highest BCUT2D eigenvalue weighted by Crippen LogP contribution is 2.35. The number of aromatic hydroxyl groups is 1. The Balaban J connectivity index is 1.32. The number of aromatic nitrogens is 3. The molecule has 6 nitrogen and oxygen atoms in total. The van der Waals surface area contributed by atoms with Gasteiger partial charge in [0, 0.05) is 53.8 Å². The zero-order valence-corrected chi connectivity index (χ0v) is 17.6. The quantitative estimate of drug-likeness (QED) is 0.649. The second kappa shape index (κ2) is 8.23. The maximum atomic E-state index is 14.8. The maximum absolute atomic E-state index is 14.8. The third-order valence-corrected chi connectivity index (χ3v) is 6.32. The van der Waals surface area contributed by atoms with Crippen LogP contribution in [0.2, 0.25) is 0 Å². The summed E-state index contributed by atoms with van der Waals surface area (Å²) < 4.78 is 14.8. The van der Waals surface area contributed by atoms with Crippen LogP contribution in [0, 0.1) is 12.7 Å². The normalized spacial score (nSPS) is 18.9. The first kappa shape index (κ1) is 19.9. The number of benzene rings is 1.